The number of amides is 1. The number of carbonyl (C=O) groups excluding carboxylic acids is 1. The summed E-state index contributed by atoms with van der Waals surface area (Å²) >= 11 is 0. The van der Waals surface area contributed by atoms with E-state index in [9.17, 15) is 4.79 Å². The normalized spacial score (nSPS) is 30.1. The Morgan fingerprint density at radius 2 is 2.09 bits per heavy atom. The van der Waals surface area contributed by atoms with Crippen LogP contribution in [0.2, 0.25) is 0 Å². The lowest BCUT2D eigenvalue weighted by Crippen LogP contribution is -2.60. The molecular weight excluding hydrogens is 400 g/mol. The van der Waals surface area contributed by atoms with Crippen LogP contribution in [0.3, 0.4) is 0 Å². The zero-order valence-electron chi connectivity index (χ0n) is 19.3. The Hall–Kier alpha value is -2.28. The Bertz CT molecular complexity index is 1070. The summed E-state index contributed by atoms with van der Waals surface area (Å²) in [5, 5.41) is 12.8. The van der Waals surface area contributed by atoms with Crippen molar-refractivity contribution in [1.82, 2.24) is 29.6 Å². The Kier molecular flexibility index (Phi) is 5.05. The largest absolute Gasteiger partial charge is 0.336 e. The number of carbonyl (C=O) groups is 1. The van der Waals surface area contributed by atoms with Gasteiger partial charge < -0.3 is 4.90 Å². The van der Waals surface area contributed by atoms with Crippen molar-refractivity contribution in [2.75, 3.05) is 19.6 Å². The lowest BCUT2D eigenvalue weighted by Gasteiger charge is -2.54. The smallest absolute Gasteiger partial charge is 0.223 e. The van der Waals surface area contributed by atoms with Crippen molar-refractivity contribution in [1.29, 1.82) is 0 Å². The van der Waals surface area contributed by atoms with Gasteiger partial charge >= 0.3 is 0 Å². The third kappa shape index (κ3) is 3.28. The van der Waals surface area contributed by atoms with Gasteiger partial charge in [0.15, 0.2) is 5.65 Å². The van der Waals surface area contributed by atoms with Gasteiger partial charge in [-0.15, -0.1) is 10.2 Å². The lowest BCUT2D eigenvalue weighted by atomic mass is 9.68. The number of likely N-dealkylation sites (tertiary alicyclic amines) is 1. The summed E-state index contributed by atoms with van der Waals surface area (Å²) < 4.78 is 1.73. The van der Waals surface area contributed by atoms with Crippen molar-refractivity contribution >= 4 is 11.6 Å². The monoisotopic (exact) mass is 434 g/mol. The number of nitrogens with zero attached hydrogens (tertiary/aromatic N) is 6. The summed E-state index contributed by atoms with van der Waals surface area (Å²) in [6.45, 7) is 7.42. The fourth-order valence-electron chi connectivity index (χ4n) is 7.18. The molecule has 2 aromatic heterocycles. The molecule has 0 saturated carbocycles. The van der Waals surface area contributed by atoms with Gasteiger partial charge in [-0.2, -0.15) is 5.10 Å². The van der Waals surface area contributed by atoms with Gasteiger partial charge in [0.05, 0.1) is 11.7 Å². The van der Waals surface area contributed by atoms with E-state index in [1.54, 1.807) is 16.4 Å². The van der Waals surface area contributed by atoms with Crippen molar-refractivity contribution in [3.8, 4) is 0 Å². The highest BCUT2D eigenvalue weighted by Crippen LogP contribution is 2.45. The molecule has 7 nitrogen and oxygen atoms in total. The first-order valence-corrected chi connectivity index (χ1v) is 12.5. The van der Waals surface area contributed by atoms with E-state index in [2.05, 4.69) is 38.1 Å². The number of fused-ring (bicyclic) bond motifs is 7. The van der Waals surface area contributed by atoms with E-state index in [1.807, 2.05) is 6.92 Å². The summed E-state index contributed by atoms with van der Waals surface area (Å²) in [7, 11) is 0. The van der Waals surface area contributed by atoms with Crippen LogP contribution in [0.4, 0.5) is 0 Å². The minimum Gasteiger partial charge on any atom is -0.336 e. The van der Waals surface area contributed by atoms with Crippen LogP contribution >= 0.6 is 0 Å². The molecule has 3 aliphatic heterocycles. The van der Waals surface area contributed by atoms with E-state index in [0.717, 1.165) is 47.9 Å². The zero-order valence-corrected chi connectivity index (χ0v) is 19.3. The molecule has 32 heavy (non-hydrogen) atoms. The van der Waals surface area contributed by atoms with Gasteiger partial charge in [0.1, 0.15) is 6.33 Å². The van der Waals surface area contributed by atoms with Crippen LogP contribution in [-0.2, 0) is 11.2 Å². The van der Waals surface area contributed by atoms with Gasteiger partial charge in [-0.1, -0.05) is 18.1 Å². The third-order valence-corrected chi connectivity index (χ3v) is 8.58. The van der Waals surface area contributed by atoms with Crippen molar-refractivity contribution in [3.63, 3.8) is 0 Å². The topological polar surface area (TPSA) is 66.6 Å². The molecule has 6 rings (SSSR count). The molecule has 0 aromatic carbocycles. The van der Waals surface area contributed by atoms with Crippen molar-refractivity contribution in [2.45, 2.75) is 77.3 Å². The van der Waals surface area contributed by atoms with Gasteiger partial charge in [-0.25, -0.2) is 4.52 Å². The third-order valence-electron chi connectivity index (χ3n) is 8.58. The molecule has 3 saturated heterocycles. The quantitative estimate of drug-likeness (QED) is 0.695. The number of hydrogen-bond acceptors (Lipinski definition) is 5. The maximum absolute atomic E-state index is 13.5. The molecule has 0 unspecified atom stereocenters. The predicted molar refractivity (Wildman–Crippen MR) is 122 cm³/mol. The summed E-state index contributed by atoms with van der Waals surface area (Å²) in [4.78, 5) is 18.5. The van der Waals surface area contributed by atoms with Gasteiger partial charge in [0.25, 0.3) is 0 Å². The fourth-order valence-corrected chi connectivity index (χ4v) is 7.18. The Morgan fingerprint density at radius 3 is 3.00 bits per heavy atom. The van der Waals surface area contributed by atoms with E-state index in [1.165, 1.54) is 45.2 Å². The van der Waals surface area contributed by atoms with E-state index >= 15 is 0 Å². The minimum atomic E-state index is 0.306. The Labute approximate surface area is 189 Å². The first-order valence-electron chi connectivity index (χ1n) is 12.5. The molecule has 0 radical (unpaired) electrons. The van der Waals surface area contributed by atoms with Gasteiger partial charge in [0, 0.05) is 31.1 Å². The second-order valence-corrected chi connectivity index (χ2v) is 10.4. The maximum atomic E-state index is 13.5. The van der Waals surface area contributed by atoms with Crippen molar-refractivity contribution in [2.24, 2.45) is 11.8 Å². The highest BCUT2D eigenvalue weighted by molar-refractivity contribution is 5.78. The average molecular weight is 435 g/mol. The number of aromatic nitrogens is 4. The highest BCUT2D eigenvalue weighted by atomic mass is 16.2. The molecule has 2 aromatic rings. The summed E-state index contributed by atoms with van der Waals surface area (Å²) in [6, 6.07) is 1.08. The molecule has 1 aliphatic carbocycles. The molecule has 0 spiro atoms. The average Bonchev–Trinajstić information content (AvgIpc) is 3.27. The van der Waals surface area contributed by atoms with Crippen LogP contribution in [-0.4, -0.2) is 67.2 Å². The van der Waals surface area contributed by atoms with Crippen molar-refractivity contribution in [3.05, 3.63) is 34.8 Å². The summed E-state index contributed by atoms with van der Waals surface area (Å²) in [6.07, 6.45) is 13.1. The number of piperidine rings is 3. The Balaban J connectivity index is 1.21. The maximum Gasteiger partial charge on any atom is 0.223 e. The summed E-state index contributed by atoms with van der Waals surface area (Å²) in [5.41, 5.74) is 5.55. The first-order chi connectivity index (χ1) is 15.6. The molecule has 4 aliphatic rings. The lowest BCUT2D eigenvalue weighted by molar-refractivity contribution is -0.136. The molecule has 1 amide bonds. The van der Waals surface area contributed by atoms with Crippen LogP contribution in [0, 0.1) is 25.7 Å². The minimum absolute atomic E-state index is 0.306. The predicted octanol–water partition coefficient (Wildman–Crippen LogP) is 3.10. The second kappa shape index (κ2) is 7.94. The van der Waals surface area contributed by atoms with Crippen LogP contribution < -0.4 is 0 Å². The second-order valence-electron chi connectivity index (χ2n) is 10.4. The van der Waals surface area contributed by atoms with Crippen molar-refractivity contribution < 1.29 is 4.79 Å². The number of hydrogen-bond donors (Lipinski definition) is 0. The molecule has 3 fully saturated rings. The summed E-state index contributed by atoms with van der Waals surface area (Å²) in [5.74, 6) is 1.62. The molecule has 170 valence electrons. The van der Waals surface area contributed by atoms with Gasteiger partial charge in [-0.3, -0.25) is 9.69 Å². The number of aryl methyl sites for hydroxylation is 2. The zero-order chi connectivity index (χ0) is 21.8. The van der Waals surface area contributed by atoms with Crippen LogP contribution in [0.5, 0.6) is 0 Å². The SMILES string of the molecule is Cc1nn2cnnc2c(C)c1CCC(=O)N1CCCC2=C[C@H]3C[C@H](CN4CCCC[C@@H]34)[C@H]21. The van der Waals surface area contributed by atoms with E-state index in [-0.39, 0.29) is 0 Å². The molecule has 5 heterocycles. The fraction of sp³-hybridized carbons (Fsp3) is 0.680. The molecule has 7 heteroatoms. The van der Waals surface area contributed by atoms with Gasteiger partial charge in [0.2, 0.25) is 5.91 Å². The molecular formula is C25H34N6O. The molecule has 4 atom stereocenters. The standard InChI is InChI=1S/C25H34N6O/c1-16-21(17(2)28-31-15-26-27-25(16)31)8-9-23(32)30-11-5-6-18-12-19-13-20(24(18)30)14-29-10-4-3-7-22(19)29/h12,15,19-20,22,24H,3-11,13-14H2,1-2H3/t19-,20+,22-,24-/m0/s1. The molecule has 2 bridgehead atoms. The number of rotatable bonds is 3. The first kappa shape index (κ1) is 20.3. The van der Waals surface area contributed by atoms with Crippen LogP contribution in [0.15, 0.2) is 18.0 Å². The Morgan fingerprint density at radius 1 is 1.19 bits per heavy atom. The van der Waals surface area contributed by atoms with Crippen LogP contribution in [0.1, 0.15) is 61.8 Å². The van der Waals surface area contributed by atoms with Gasteiger partial charge in [-0.05, 0) is 76.3 Å². The molecule has 0 N–H and O–H groups in total. The van der Waals surface area contributed by atoms with Crippen LogP contribution in [0.25, 0.3) is 5.65 Å². The highest BCUT2D eigenvalue weighted by Gasteiger charge is 2.46. The van der Waals surface area contributed by atoms with E-state index < -0.39 is 0 Å². The van der Waals surface area contributed by atoms with E-state index in [0.29, 0.717) is 30.2 Å². The van der Waals surface area contributed by atoms with E-state index in [4.69, 9.17) is 0 Å².